The summed E-state index contributed by atoms with van der Waals surface area (Å²) in [6.07, 6.45) is 0.737. The Morgan fingerprint density at radius 3 is 2.76 bits per heavy atom. The fraction of sp³-hybridized carbons (Fsp3) is 0.231. The molecule has 0 aliphatic carbocycles. The van der Waals surface area contributed by atoms with Gasteiger partial charge in [0.05, 0.1) is 5.69 Å². The van der Waals surface area contributed by atoms with Gasteiger partial charge in [0.15, 0.2) is 11.6 Å². The lowest BCUT2D eigenvalue weighted by molar-refractivity contribution is 0.417. The maximum absolute atomic E-state index is 5.85. The largest absolute Gasteiger partial charge is 0.381 e. The highest BCUT2D eigenvalue weighted by Crippen LogP contribution is 2.20. The Kier molecular flexibility index (Phi) is 3.57. The van der Waals surface area contributed by atoms with E-state index in [1.165, 1.54) is 0 Å². The average molecular weight is 305 g/mol. The summed E-state index contributed by atoms with van der Waals surface area (Å²) in [6, 6.07) is 7.19. The van der Waals surface area contributed by atoms with Crippen molar-refractivity contribution in [3.8, 4) is 11.5 Å². The summed E-state index contributed by atoms with van der Waals surface area (Å²) >= 11 is 5.85. The van der Waals surface area contributed by atoms with Crippen LogP contribution >= 0.6 is 11.6 Å². The van der Waals surface area contributed by atoms with Crippen molar-refractivity contribution in [2.24, 2.45) is 0 Å². The molecule has 3 rings (SSSR count). The van der Waals surface area contributed by atoms with Crippen LogP contribution in [0.25, 0.3) is 11.5 Å². The van der Waals surface area contributed by atoms with Crippen LogP contribution in [0.1, 0.15) is 18.4 Å². The van der Waals surface area contributed by atoms with Gasteiger partial charge in [-0.15, -0.1) is 5.10 Å². The molecule has 0 saturated heterocycles. The molecule has 0 atom stereocenters. The number of nitrogens with zero attached hydrogens (tertiary/aromatic N) is 5. The quantitative estimate of drug-likeness (QED) is 0.793. The minimum absolute atomic E-state index is 0.366. The minimum Gasteiger partial charge on any atom is -0.381 e. The molecule has 1 aromatic carbocycles. The smallest absolute Gasteiger partial charge is 0.257 e. The van der Waals surface area contributed by atoms with E-state index in [0.717, 1.165) is 17.7 Å². The molecule has 0 unspecified atom stereocenters. The third-order valence-electron chi connectivity index (χ3n) is 3.05. The number of rotatable bonds is 4. The van der Waals surface area contributed by atoms with Crippen LogP contribution in [0.4, 0.5) is 5.82 Å². The third kappa shape index (κ3) is 2.73. The monoisotopic (exact) mass is 304 g/mol. The summed E-state index contributed by atoms with van der Waals surface area (Å²) in [5, 5.41) is 12.4. The summed E-state index contributed by atoms with van der Waals surface area (Å²) in [5.41, 5.74) is 7.41. The first kappa shape index (κ1) is 13.6. The lowest BCUT2D eigenvalue weighted by Gasteiger charge is -2.00. The molecule has 0 aliphatic rings. The van der Waals surface area contributed by atoms with Gasteiger partial charge in [0.25, 0.3) is 5.89 Å². The number of nitrogens with two attached hydrogens (primary N) is 1. The molecule has 108 valence electrons. The Bertz CT molecular complexity index is 748. The first-order valence-corrected chi connectivity index (χ1v) is 6.81. The maximum Gasteiger partial charge on any atom is 0.257 e. The van der Waals surface area contributed by atoms with Crippen molar-refractivity contribution in [3.63, 3.8) is 0 Å². The van der Waals surface area contributed by atoms with Crippen molar-refractivity contribution >= 4 is 17.4 Å². The molecular formula is C13H13ClN6O. The van der Waals surface area contributed by atoms with E-state index in [1.54, 1.807) is 16.8 Å². The van der Waals surface area contributed by atoms with E-state index in [-0.39, 0.29) is 0 Å². The van der Waals surface area contributed by atoms with Crippen molar-refractivity contribution in [3.05, 3.63) is 40.8 Å². The highest BCUT2D eigenvalue weighted by molar-refractivity contribution is 6.30. The molecule has 3 aromatic rings. The average Bonchev–Trinajstić information content (AvgIpc) is 3.07. The number of hydrogen-bond donors (Lipinski definition) is 1. The fourth-order valence-corrected chi connectivity index (χ4v) is 2.12. The second-order valence-electron chi connectivity index (χ2n) is 4.46. The Hall–Kier alpha value is -2.41. The van der Waals surface area contributed by atoms with Crippen LogP contribution in [0.15, 0.2) is 28.8 Å². The van der Waals surface area contributed by atoms with Gasteiger partial charge in [-0.25, -0.2) is 4.68 Å². The summed E-state index contributed by atoms with van der Waals surface area (Å²) in [5.74, 6) is 1.38. The molecule has 0 saturated carbocycles. The number of nitrogen functional groups attached to an aromatic ring is 1. The topological polar surface area (TPSA) is 95.7 Å². The van der Waals surface area contributed by atoms with E-state index in [1.807, 2.05) is 19.1 Å². The first-order chi connectivity index (χ1) is 10.2. The Labute approximate surface area is 125 Å². The fourth-order valence-electron chi connectivity index (χ4n) is 2.00. The van der Waals surface area contributed by atoms with Crippen LogP contribution in [-0.4, -0.2) is 25.1 Å². The molecule has 8 heteroatoms. The zero-order chi connectivity index (χ0) is 14.8. The molecule has 2 N–H and O–H groups in total. The van der Waals surface area contributed by atoms with Crippen LogP contribution in [0, 0.1) is 0 Å². The van der Waals surface area contributed by atoms with E-state index in [0.29, 0.717) is 29.1 Å². The molecular weight excluding hydrogens is 292 g/mol. The van der Waals surface area contributed by atoms with Crippen molar-refractivity contribution in [1.29, 1.82) is 0 Å². The zero-order valence-electron chi connectivity index (χ0n) is 11.3. The molecule has 2 heterocycles. The number of halogens is 1. The molecule has 0 fully saturated rings. The molecule has 0 amide bonds. The maximum atomic E-state index is 5.85. The molecule has 0 spiro atoms. The molecule has 0 radical (unpaired) electrons. The third-order valence-corrected chi connectivity index (χ3v) is 3.30. The van der Waals surface area contributed by atoms with E-state index in [9.17, 15) is 0 Å². The van der Waals surface area contributed by atoms with Crippen molar-refractivity contribution in [2.75, 3.05) is 5.73 Å². The van der Waals surface area contributed by atoms with Gasteiger partial charge in [-0.2, -0.15) is 4.98 Å². The van der Waals surface area contributed by atoms with Gasteiger partial charge in [-0.05, 0) is 30.7 Å². The van der Waals surface area contributed by atoms with Gasteiger partial charge >= 0.3 is 0 Å². The normalized spacial score (nSPS) is 11.0. The summed E-state index contributed by atoms with van der Waals surface area (Å²) in [7, 11) is 0. The first-order valence-electron chi connectivity index (χ1n) is 6.43. The van der Waals surface area contributed by atoms with Gasteiger partial charge in [0, 0.05) is 10.6 Å². The second kappa shape index (κ2) is 5.53. The summed E-state index contributed by atoms with van der Waals surface area (Å²) in [4.78, 5) is 4.34. The van der Waals surface area contributed by atoms with Crippen LogP contribution in [0.2, 0.25) is 5.02 Å². The zero-order valence-corrected chi connectivity index (χ0v) is 12.1. The number of benzene rings is 1. The van der Waals surface area contributed by atoms with Crippen LogP contribution < -0.4 is 5.73 Å². The van der Waals surface area contributed by atoms with Gasteiger partial charge in [-0.1, -0.05) is 28.9 Å². The van der Waals surface area contributed by atoms with E-state index in [2.05, 4.69) is 20.5 Å². The lowest BCUT2D eigenvalue weighted by atomic mass is 10.2. The lowest BCUT2D eigenvalue weighted by Crippen LogP contribution is -2.08. The predicted molar refractivity (Wildman–Crippen MR) is 77.7 cm³/mol. The standard InChI is InChI=1S/C13H13ClN6O/c1-2-10-12(15)17-19-20(10)7-11-16-13(21-18-11)8-3-5-9(14)6-4-8/h3-6H,2,7,15H2,1H3. The Balaban J connectivity index is 1.83. The van der Waals surface area contributed by atoms with Crippen LogP contribution in [-0.2, 0) is 13.0 Å². The molecule has 0 aliphatic heterocycles. The predicted octanol–water partition coefficient (Wildman–Crippen LogP) is 2.17. The van der Waals surface area contributed by atoms with E-state index in [4.69, 9.17) is 21.9 Å². The summed E-state index contributed by atoms with van der Waals surface area (Å²) in [6.45, 7) is 2.35. The number of anilines is 1. The highest BCUT2D eigenvalue weighted by Gasteiger charge is 2.13. The molecule has 0 bridgehead atoms. The SMILES string of the molecule is CCc1c(N)nnn1Cc1noc(-c2ccc(Cl)cc2)n1. The van der Waals surface area contributed by atoms with Crippen molar-refractivity contribution < 1.29 is 4.52 Å². The van der Waals surface area contributed by atoms with Gasteiger partial charge in [0.1, 0.15) is 6.54 Å². The number of aromatic nitrogens is 5. The van der Waals surface area contributed by atoms with Crippen LogP contribution in [0.5, 0.6) is 0 Å². The van der Waals surface area contributed by atoms with Gasteiger partial charge in [0.2, 0.25) is 0 Å². The Morgan fingerprint density at radius 1 is 1.29 bits per heavy atom. The van der Waals surface area contributed by atoms with E-state index >= 15 is 0 Å². The van der Waals surface area contributed by atoms with Crippen molar-refractivity contribution in [2.45, 2.75) is 19.9 Å². The van der Waals surface area contributed by atoms with Crippen LogP contribution in [0.3, 0.4) is 0 Å². The van der Waals surface area contributed by atoms with E-state index < -0.39 is 0 Å². The van der Waals surface area contributed by atoms with Gasteiger partial charge < -0.3 is 10.3 Å². The molecule has 21 heavy (non-hydrogen) atoms. The number of hydrogen-bond acceptors (Lipinski definition) is 6. The Morgan fingerprint density at radius 2 is 2.05 bits per heavy atom. The molecule has 2 aromatic heterocycles. The highest BCUT2D eigenvalue weighted by atomic mass is 35.5. The summed E-state index contributed by atoms with van der Waals surface area (Å²) < 4.78 is 6.92. The van der Waals surface area contributed by atoms with Crippen molar-refractivity contribution in [1.82, 2.24) is 25.1 Å². The molecule has 7 nitrogen and oxygen atoms in total. The second-order valence-corrected chi connectivity index (χ2v) is 4.89. The van der Waals surface area contributed by atoms with Gasteiger partial charge in [-0.3, -0.25) is 0 Å². The minimum atomic E-state index is 0.366.